The van der Waals surface area contributed by atoms with Gasteiger partial charge < -0.3 is 24.8 Å². The Morgan fingerprint density at radius 1 is 1.39 bits per heavy atom. The highest BCUT2D eigenvalue weighted by Crippen LogP contribution is 2.35. The van der Waals surface area contributed by atoms with Crippen molar-refractivity contribution >= 4 is 23.1 Å². The molecule has 2 aromatic rings. The topological polar surface area (TPSA) is 116 Å². The first-order valence-electron chi connectivity index (χ1n) is 11.6. The second-order valence-corrected chi connectivity index (χ2v) is 9.27. The third kappa shape index (κ3) is 6.20. The molecule has 10 nitrogen and oxygen atoms in total. The number of anilines is 2. The van der Waals surface area contributed by atoms with E-state index in [0.29, 0.717) is 43.4 Å². The molecule has 1 fully saturated rings. The van der Waals surface area contributed by atoms with Gasteiger partial charge in [0, 0.05) is 56.8 Å². The zero-order valence-corrected chi connectivity index (χ0v) is 20.3. The van der Waals surface area contributed by atoms with Crippen LogP contribution in [0.5, 0.6) is 5.75 Å². The number of nitrogens with zero attached hydrogens (tertiary/aromatic N) is 4. The Hall–Kier alpha value is -2.61. The number of fused-ring (bicyclic) bond motifs is 3. The Morgan fingerprint density at radius 2 is 2.19 bits per heavy atom. The molecule has 0 saturated carbocycles. The summed E-state index contributed by atoms with van der Waals surface area (Å²) in [6.07, 6.45) is -1.93. The van der Waals surface area contributed by atoms with Crippen LogP contribution in [-0.2, 0) is 10.9 Å². The fourth-order valence-corrected chi connectivity index (χ4v) is 4.59. The summed E-state index contributed by atoms with van der Waals surface area (Å²) in [6, 6.07) is 1.36. The molecular weight excluding hydrogens is 505 g/mol. The quantitative estimate of drug-likeness (QED) is 0.440. The molecule has 1 unspecified atom stereocenters. The van der Waals surface area contributed by atoms with Crippen LogP contribution in [0.4, 0.5) is 24.7 Å². The van der Waals surface area contributed by atoms with Crippen LogP contribution >= 0.6 is 11.6 Å². The number of aromatic nitrogens is 3. The van der Waals surface area contributed by atoms with Crippen LogP contribution in [0, 0.1) is 0 Å². The minimum absolute atomic E-state index is 0.0789. The lowest BCUT2D eigenvalue weighted by Crippen LogP contribution is -2.56. The summed E-state index contributed by atoms with van der Waals surface area (Å²) >= 11 is 6.04. The Kier molecular flexibility index (Phi) is 8.23. The molecule has 3 N–H and O–H groups in total. The molecule has 14 heteroatoms. The van der Waals surface area contributed by atoms with Crippen molar-refractivity contribution in [3.8, 4) is 5.75 Å². The number of aliphatic hydroxyl groups is 1. The van der Waals surface area contributed by atoms with E-state index in [-0.39, 0.29) is 19.3 Å². The molecule has 2 aromatic heterocycles. The number of rotatable bonds is 8. The van der Waals surface area contributed by atoms with Gasteiger partial charge in [-0.1, -0.05) is 11.6 Å². The fourth-order valence-electron chi connectivity index (χ4n) is 4.44. The van der Waals surface area contributed by atoms with E-state index < -0.39 is 35.3 Å². The monoisotopic (exact) mass is 532 g/mol. The van der Waals surface area contributed by atoms with Gasteiger partial charge in [-0.2, -0.15) is 18.3 Å². The number of alkyl halides is 3. The van der Waals surface area contributed by atoms with E-state index in [1.807, 2.05) is 4.90 Å². The van der Waals surface area contributed by atoms with Crippen LogP contribution in [0.25, 0.3) is 0 Å². The highest BCUT2D eigenvalue weighted by Gasteiger charge is 2.38. The van der Waals surface area contributed by atoms with Crippen molar-refractivity contribution in [3.05, 3.63) is 39.4 Å². The number of halogens is 4. The van der Waals surface area contributed by atoms with Gasteiger partial charge in [-0.3, -0.25) is 9.69 Å². The Morgan fingerprint density at radius 3 is 2.97 bits per heavy atom. The molecule has 0 spiro atoms. The van der Waals surface area contributed by atoms with Crippen LogP contribution in [0.15, 0.2) is 23.3 Å². The summed E-state index contributed by atoms with van der Waals surface area (Å²) in [5.74, 6) is 1.42. The molecule has 36 heavy (non-hydrogen) atoms. The molecule has 2 aliphatic rings. The number of pyridine rings is 1. The molecule has 0 radical (unpaired) electrons. The lowest BCUT2D eigenvalue weighted by molar-refractivity contribution is -0.138. The molecule has 0 aliphatic carbocycles. The Labute approximate surface area is 210 Å². The highest BCUT2D eigenvalue weighted by atomic mass is 35.5. The number of aromatic amines is 1. The predicted molar refractivity (Wildman–Crippen MR) is 126 cm³/mol. The van der Waals surface area contributed by atoms with Crippen LogP contribution in [0.2, 0.25) is 5.02 Å². The van der Waals surface area contributed by atoms with Gasteiger partial charge in [-0.05, 0) is 6.92 Å². The zero-order valence-electron chi connectivity index (χ0n) is 19.6. The van der Waals surface area contributed by atoms with Gasteiger partial charge in [-0.15, -0.1) is 0 Å². The van der Waals surface area contributed by atoms with Crippen molar-refractivity contribution in [2.75, 3.05) is 49.7 Å². The minimum atomic E-state index is -4.82. The van der Waals surface area contributed by atoms with Gasteiger partial charge in [0.15, 0.2) is 11.6 Å². The van der Waals surface area contributed by atoms with Crippen molar-refractivity contribution in [1.82, 2.24) is 20.1 Å². The maximum atomic E-state index is 13.2. The third-order valence-corrected chi connectivity index (χ3v) is 6.35. The van der Waals surface area contributed by atoms with Gasteiger partial charge in [0.1, 0.15) is 11.8 Å². The van der Waals surface area contributed by atoms with E-state index in [1.54, 1.807) is 24.3 Å². The van der Waals surface area contributed by atoms with E-state index in [2.05, 4.69) is 20.3 Å². The summed E-state index contributed by atoms with van der Waals surface area (Å²) in [4.78, 5) is 20.2. The van der Waals surface area contributed by atoms with E-state index in [9.17, 15) is 23.1 Å². The number of H-pyrrole nitrogens is 1. The van der Waals surface area contributed by atoms with Crippen LogP contribution in [0.1, 0.15) is 25.3 Å². The zero-order chi connectivity index (χ0) is 25.9. The molecule has 198 valence electrons. The summed E-state index contributed by atoms with van der Waals surface area (Å²) in [6.45, 7) is 4.36. The van der Waals surface area contributed by atoms with Crippen molar-refractivity contribution in [3.63, 3.8) is 0 Å². The van der Waals surface area contributed by atoms with E-state index in [1.165, 1.54) is 0 Å². The van der Waals surface area contributed by atoms with E-state index in [4.69, 9.17) is 21.1 Å². The number of aliphatic hydroxyl groups excluding tert-OH is 1. The second-order valence-electron chi connectivity index (χ2n) is 8.83. The first-order chi connectivity index (χ1) is 17.1. The number of hydrogen-bond donors (Lipinski definition) is 3. The largest absolute Gasteiger partial charge is 0.490 e. The lowest BCUT2D eigenvalue weighted by Gasteiger charge is -2.42. The lowest BCUT2D eigenvalue weighted by atomic mass is 10.1. The van der Waals surface area contributed by atoms with E-state index in [0.717, 1.165) is 18.4 Å². The third-order valence-electron chi connectivity index (χ3n) is 6.15. The summed E-state index contributed by atoms with van der Waals surface area (Å²) in [5, 5.41) is 19.1. The van der Waals surface area contributed by atoms with Gasteiger partial charge in [-0.25, -0.2) is 10.1 Å². The smallest absolute Gasteiger partial charge is 0.423 e. The number of hydrogen-bond acceptors (Lipinski definition) is 9. The van der Waals surface area contributed by atoms with Gasteiger partial charge in [0.25, 0.3) is 5.56 Å². The average Bonchev–Trinajstić information content (AvgIpc) is 2.99. The molecular formula is C22H28ClF3N6O4. The van der Waals surface area contributed by atoms with Crippen molar-refractivity contribution < 1.29 is 27.8 Å². The average molecular weight is 533 g/mol. The standard InChI is InChI=1S/C22H28ClF3N6O4/c1-13(29-16-10-28-30-21(34)19(16)22(24,25)26)12-35-6-3-18(33)31-4-5-32-15(11-31)2-7-36-17-8-14(23)9-27-20(17)32/h8-10,13,15,18,33H,2-7,11-12H2,1H3,(H2,29,30,34)/t13-,15+,18?/m0/s1. The van der Waals surface area contributed by atoms with Crippen LogP contribution in [-0.4, -0.2) is 83.0 Å². The first-order valence-corrected chi connectivity index (χ1v) is 12.0. The SMILES string of the molecule is C[C@@H](COCCC(O)N1CCN2c3ncc(Cl)cc3OCC[C@@H]2C1)Nc1cn[nH]c(=O)c1C(F)(F)F. The second kappa shape index (κ2) is 11.2. The van der Waals surface area contributed by atoms with Crippen molar-refractivity contribution in [2.45, 2.75) is 44.3 Å². The minimum Gasteiger partial charge on any atom is -0.490 e. The van der Waals surface area contributed by atoms with Gasteiger partial charge >= 0.3 is 6.18 Å². The predicted octanol–water partition coefficient (Wildman–Crippen LogP) is 2.34. The molecule has 0 bridgehead atoms. The van der Waals surface area contributed by atoms with Crippen molar-refractivity contribution in [1.29, 1.82) is 0 Å². The molecule has 4 heterocycles. The van der Waals surface area contributed by atoms with Gasteiger partial charge in [0.05, 0.1) is 36.7 Å². The Bertz CT molecular complexity index is 1100. The van der Waals surface area contributed by atoms with Gasteiger partial charge in [0.2, 0.25) is 0 Å². The molecule has 2 aliphatic heterocycles. The number of nitrogens with one attached hydrogen (secondary N) is 2. The molecule has 0 aromatic carbocycles. The number of piperazine rings is 1. The first kappa shape index (κ1) is 26.5. The highest BCUT2D eigenvalue weighted by molar-refractivity contribution is 6.30. The van der Waals surface area contributed by atoms with Crippen LogP contribution < -0.4 is 20.5 Å². The van der Waals surface area contributed by atoms with E-state index >= 15 is 0 Å². The number of ether oxygens (including phenoxy) is 2. The normalized spacial score (nSPS) is 20.1. The molecule has 4 rings (SSSR count). The molecule has 1 saturated heterocycles. The summed E-state index contributed by atoms with van der Waals surface area (Å²) < 4.78 is 50.9. The molecule has 0 amide bonds. The maximum absolute atomic E-state index is 13.2. The molecule has 3 atom stereocenters. The van der Waals surface area contributed by atoms with Crippen molar-refractivity contribution in [2.24, 2.45) is 0 Å². The fraction of sp³-hybridized carbons (Fsp3) is 0.591. The Balaban J connectivity index is 1.24. The summed E-state index contributed by atoms with van der Waals surface area (Å²) in [7, 11) is 0. The van der Waals surface area contributed by atoms with Crippen LogP contribution in [0.3, 0.4) is 0 Å². The maximum Gasteiger partial charge on any atom is 0.423 e. The summed E-state index contributed by atoms with van der Waals surface area (Å²) in [5.41, 5.74) is -3.05.